The van der Waals surface area contributed by atoms with Gasteiger partial charge in [-0.05, 0) is 18.8 Å². The average molecular weight is 286 g/mol. The molecule has 0 aromatic carbocycles. The number of hydrogen-bond donors (Lipinski definition) is 2. The summed E-state index contributed by atoms with van der Waals surface area (Å²) in [5.74, 6) is -1.47. The topological polar surface area (TPSA) is 90.3 Å². The lowest BCUT2D eigenvalue weighted by atomic mass is 9.99. The highest BCUT2D eigenvalue weighted by molar-refractivity contribution is 5.77. The maximum absolute atomic E-state index is 12.4. The molecule has 7 heteroatoms. The van der Waals surface area contributed by atoms with Crippen molar-refractivity contribution in [3.63, 3.8) is 0 Å². The number of carbonyl (C=O) groups excluding carboxylic acids is 1. The van der Waals surface area contributed by atoms with Gasteiger partial charge in [0.15, 0.2) is 0 Å². The molecule has 2 N–H and O–H groups in total. The lowest BCUT2D eigenvalue weighted by Gasteiger charge is -2.37. The van der Waals surface area contributed by atoms with Crippen LogP contribution in [0.1, 0.15) is 12.8 Å². The van der Waals surface area contributed by atoms with Gasteiger partial charge in [-0.2, -0.15) is 0 Å². The van der Waals surface area contributed by atoms with Crippen molar-refractivity contribution in [2.45, 2.75) is 18.9 Å². The number of hydrogen-bond acceptors (Lipinski definition) is 4. The molecule has 2 aliphatic heterocycles. The summed E-state index contributed by atoms with van der Waals surface area (Å²) in [5.41, 5.74) is 0. The number of aliphatic hydroxyl groups is 1. The summed E-state index contributed by atoms with van der Waals surface area (Å²) in [6.45, 7) is 1.68. The molecule has 3 unspecified atom stereocenters. The Kier molecular flexibility index (Phi) is 4.82. The molecule has 2 heterocycles. The van der Waals surface area contributed by atoms with Gasteiger partial charge >= 0.3 is 12.0 Å². The molecule has 0 aromatic heterocycles. The number of aliphatic carboxylic acids is 1. The van der Waals surface area contributed by atoms with E-state index in [-0.39, 0.29) is 31.8 Å². The van der Waals surface area contributed by atoms with Gasteiger partial charge in [0.25, 0.3) is 0 Å². The number of carbonyl (C=O) groups is 2. The van der Waals surface area contributed by atoms with Crippen LogP contribution in [0.15, 0.2) is 0 Å². The number of likely N-dealkylation sites (N-methyl/N-ethyl adjacent to an activating group) is 1. The van der Waals surface area contributed by atoms with Crippen LogP contribution >= 0.6 is 0 Å². The Hall–Kier alpha value is -1.34. The van der Waals surface area contributed by atoms with Crippen LogP contribution in [0.25, 0.3) is 0 Å². The maximum atomic E-state index is 12.4. The second kappa shape index (κ2) is 6.41. The minimum atomic E-state index is -0.931. The van der Waals surface area contributed by atoms with E-state index in [4.69, 9.17) is 9.84 Å². The standard InChI is InChI=1S/C13H22N2O5/c1-14(11-8-20-7-10(11)12(17)18)13(19)15-4-2-3-9(5-15)6-16/h9-11,16H,2-8H2,1H3,(H,17,18). The highest BCUT2D eigenvalue weighted by atomic mass is 16.5. The zero-order chi connectivity index (χ0) is 14.7. The summed E-state index contributed by atoms with van der Waals surface area (Å²) in [6.07, 6.45) is 1.79. The van der Waals surface area contributed by atoms with E-state index in [1.807, 2.05) is 0 Å². The van der Waals surface area contributed by atoms with Crippen LogP contribution in [0.5, 0.6) is 0 Å². The van der Waals surface area contributed by atoms with Crippen molar-refractivity contribution >= 4 is 12.0 Å². The number of rotatable bonds is 3. The van der Waals surface area contributed by atoms with Crippen molar-refractivity contribution in [3.05, 3.63) is 0 Å². The van der Waals surface area contributed by atoms with Gasteiger partial charge in [-0.15, -0.1) is 0 Å². The van der Waals surface area contributed by atoms with Crippen LogP contribution in [0, 0.1) is 11.8 Å². The summed E-state index contributed by atoms with van der Waals surface area (Å²) in [5, 5.41) is 18.3. The van der Waals surface area contributed by atoms with Gasteiger partial charge in [-0.3, -0.25) is 4.79 Å². The van der Waals surface area contributed by atoms with E-state index in [1.165, 1.54) is 4.90 Å². The van der Waals surface area contributed by atoms with E-state index in [0.717, 1.165) is 12.8 Å². The SMILES string of the molecule is CN(C(=O)N1CCCC(CO)C1)C1COCC1C(=O)O. The van der Waals surface area contributed by atoms with E-state index >= 15 is 0 Å². The molecule has 3 atom stereocenters. The fourth-order valence-corrected chi connectivity index (χ4v) is 2.91. The quantitative estimate of drug-likeness (QED) is 0.752. The molecule has 0 bridgehead atoms. The molecule has 2 aliphatic rings. The van der Waals surface area contributed by atoms with Crippen molar-refractivity contribution in [1.82, 2.24) is 9.80 Å². The molecule has 0 saturated carbocycles. The second-order valence-corrected chi connectivity index (χ2v) is 5.58. The van der Waals surface area contributed by atoms with Crippen molar-refractivity contribution in [2.75, 3.05) is 40.0 Å². The van der Waals surface area contributed by atoms with Crippen LogP contribution in [0.4, 0.5) is 4.79 Å². The second-order valence-electron chi connectivity index (χ2n) is 5.58. The predicted molar refractivity (Wildman–Crippen MR) is 70.3 cm³/mol. The predicted octanol–water partition coefficient (Wildman–Crippen LogP) is -0.158. The third-order valence-corrected chi connectivity index (χ3v) is 4.21. The van der Waals surface area contributed by atoms with Crippen LogP contribution < -0.4 is 0 Å². The fourth-order valence-electron chi connectivity index (χ4n) is 2.91. The Morgan fingerprint density at radius 3 is 2.80 bits per heavy atom. The molecule has 20 heavy (non-hydrogen) atoms. The molecule has 0 aromatic rings. The molecule has 2 fully saturated rings. The first-order valence-electron chi connectivity index (χ1n) is 6.97. The number of piperidine rings is 1. The molecule has 0 spiro atoms. The minimum Gasteiger partial charge on any atom is -0.481 e. The number of amides is 2. The van der Waals surface area contributed by atoms with Crippen LogP contribution in [-0.4, -0.2) is 78.0 Å². The van der Waals surface area contributed by atoms with Crippen LogP contribution in [-0.2, 0) is 9.53 Å². The number of nitrogens with zero attached hydrogens (tertiary/aromatic N) is 2. The van der Waals surface area contributed by atoms with E-state index in [1.54, 1.807) is 11.9 Å². The Bertz CT molecular complexity index is 376. The Balaban J connectivity index is 1.99. The van der Waals surface area contributed by atoms with Gasteiger partial charge in [0.2, 0.25) is 0 Å². The molecular formula is C13H22N2O5. The molecule has 114 valence electrons. The summed E-state index contributed by atoms with van der Waals surface area (Å²) < 4.78 is 5.20. The first kappa shape index (κ1) is 15.1. The lowest BCUT2D eigenvalue weighted by molar-refractivity contribution is -0.142. The molecule has 7 nitrogen and oxygen atoms in total. The highest BCUT2D eigenvalue weighted by Crippen LogP contribution is 2.22. The van der Waals surface area contributed by atoms with Crippen molar-refractivity contribution in [2.24, 2.45) is 11.8 Å². The normalized spacial score (nSPS) is 30.3. The summed E-state index contributed by atoms with van der Waals surface area (Å²) >= 11 is 0. The third-order valence-electron chi connectivity index (χ3n) is 4.21. The van der Waals surface area contributed by atoms with Gasteiger partial charge in [-0.25, -0.2) is 4.79 Å². The monoisotopic (exact) mass is 286 g/mol. The van der Waals surface area contributed by atoms with Crippen molar-refractivity contribution in [3.8, 4) is 0 Å². The Morgan fingerprint density at radius 1 is 1.40 bits per heavy atom. The van der Waals surface area contributed by atoms with Gasteiger partial charge in [-0.1, -0.05) is 0 Å². The highest BCUT2D eigenvalue weighted by Gasteiger charge is 2.40. The zero-order valence-electron chi connectivity index (χ0n) is 11.7. The van der Waals surface area contributed by atoms with E-state index in [0.29, 0.717) is 13.1 Å². The number of ether oxygens (including phenoxy) is 1. The van der Waals surface area contributed by atoms with Gasteiger partial charge < -0.3 is 24.7 Å². The minimum absolute atomic E-state index is 0.0811. The number of urea groups is 1. The lowest BCUT2D eigenvalue weighted by Crippen LogP contribution is -2.52. The molecule has 2 saturated heterocycles. The van der Waals surface area contributed by atoms with E-state index in [9.17, 15) is 14.7 Å². The van der Waals surface area contributed by atoms with Gasteiger partial charge in [0, 0.05) is 26.7 Å². The average Bonchev–Trinajstić information content (AvgIpc) is 2.95. The number of aliphatic hydroxyl groups excluding tert-OH is 1. The largest absolute Gasteiger partial charge is 0.481 e. The van der Waals surface area contributed by atoms with Crippen LogP contribution in [0.3, 0.4) is 0 Å². The first-order valence-corrected chi connectivity index (χ1v) is 6.97. The van der Waals surface area contributed by atoms with Crippen molar-refractivity contribution < 1.29 is 24.5 Å². The fraction of sp³-hybridized carbons (Fsp3) is 0.846. The van der Waals surface area contributed by atoms with E-state index < -0.39 is 17.9 Å². The molecule has 2 rings (SSSR count). The molecule has 0 aliphatic carbocycles. The molecule has 0 radical (unpaired) electrons. The summed E-state index contributed by atoms with van der Waals surface area (Å²) in [4.78, 5) is 26.8. The molecule has 2 amide bonds. The van der Waals surface area contributed by atoms with Crippen molar-refractivity contribution in [1.29, 1.82) is 0 Å². The number of likely N-dealkylation sites (tertiary alicyclic amines) is 1. The smallest absolute Gasteiger partial charge is 0.320 e. The maximum Gasteiger partial charge on any atom is 0.320 e. The first-order chi connectivity index (χ1) is 9.54. The number of carboxylic acids is 1. The Morgan fingerprint density at radius 2 is 2.15 bits per heavy atom. The number of carboxylic acid groups (broad SMARTS) is 1. The van der Waals surface area contributed by atoms with Gasteiger partial charge in [0.05, 0.1) is 19.3 Å². The summed E-state index contributed by atoms with van der Waals surface area (Å²) in [6, 6.07) is -0.598. The molecular weight excluding hydrogens is 264 g/mol. The Labute approximate surface area is 118 Å². The summed E-state index contributed by atoms with van der Waals surface area (Å²) in [7, 11) is 1.63. The zero-order valence-corrected chi connectivity index (χ0v) is 11.7. The van der Waals surface area contributed by atoms with Crippen LogP contribution in [0.2, 0.25) is 0 Å². The van der Waals surface area contributed by atoms with Gasteiger partial charge in [0.1, 0.15) is 5.92 Å². The van der Waals surface area contributed by atoms with E-state index in [2.05, 4.69) is 0 Å². The third kappa shape index (κ3) is 3.04.